The number of carbonyl (C=O) groups is 1. The van der Waals surface area contributed by atoms with E-state index in [-0.39, 0.29) is 5.41 Å². The summed E-state index contributed by atoms with van der Waals surface area (Å²) in [5, 5.41) is 0. The Hall–Kier alpha value is -0.710. The maximum atomic E-state index is 11.2. The molecule has 0 amide bonds. The lowest BCUT2D eigenvalue weighted by atomic mass is 9.88. The Balaban J connectivity index is 1.93. The van der Waals surface area contributed by atoms with Crippen molar-refractivity contribution in [1.82, 2.24) is 4.90 Å². The summed E-state index contributed by atoms with van der Waals surface area (Å²) in [6.07, 6.45) is 1.90. The fourth-order valence-electron chi connectivity index (χ4n) is 2.37. The minimum Gasteiger partial charge on any atom is -0.380 e. The summed E-state index contributed by atoms with van der Waals surface area (Å²) in [5.41, 5.74) is 0.949. The highest BCUT2D eigenvalue weighted by atomic mass is 79.9. The van der Waals surface area contributed by atoms with Crippen molar-refractivity contribution in [2.24, 2.45) is 5.41 Å². The van der Waals surface area contributed by atoms with Crippen LogP contribution in [-0.4, -0.2) is 38.0 Å². The largest absolute Gasteiger partial charge is 0.380 e. The number of nitrogens with zero attached hydrogens (tertiary/aromatic N) is 1. The van der Waals surface area contributed by atoms with E-state index in [2.05, 4.69) is 33.0 Å². The van der Waals surface area contributed by atoms with Gasteiger partial charge in [0.25, 0.3) is 0 Å². The minimum atomic E-state index is -0.301. The maximum Gasteiger partial charge on any atom is 0.129 e. The zero-order valence-corrected chi connectivity index (χ0v) is 12.1. The SMILES string of the molecule is CN(Cc1ccc(Br)cc1)CC1(C=O)CCOC1. The zero-order chi connectivity index (χ0) is 13.0. The summed E-state index contributed by atoms with van der Waals surface area (Å²) < 4.78 is 6.44. The van der Waals surface area contributed by atoms with Gasteiger partial charge in [-0.1, -0.05) is 28.1 Å². The molecule has 1 aromatic rings. The second-order valence-corrected chi connectivity index (χ2v) is 6.00. The van der Waals surface area contributed by atoms with Crippen molar-refractivity contribution in [2.75, 3.05) is 26.8 Å². The number of halogens is 1. The number of ether oxygens (including phenoxy) is 1. The molecule has 0 saturated carbocycles. The lowest BCUT2D eigenvalue weighted by molar-refractivity contribution is -0.117. The van der Waals surface area contributed by atoms with Crippen LogP contribution in [0.3, 0.4) is 0 Å². The quantitative estimate of drug-likeness (QED) is 0.782. The molecule has 1 heterocycles. The molecule has 4 heteroatoms. The van der Waals surface area contributed by atoms with E-state index in [1.807, 2.05) is 19.2 Å². The summed E-state index contributed by atoms with van der Waals surface area (Å²) in [5.74, 6) is 0. The number of aldehydes is 1. The van der Waals surface area contributed by atoms with Crippen molar-refractivity contribution >= 4 is 22.2 Å². The van der Waals surface area contributed by atoms with Gasteiger partial charge in [0.15, 0.2) is 0 Å². The van der Waals surface area contributed by atoms with Crippen LogP contribution in [0.2, 0.25) is 0 Å². The standard InChI is InChI=1S/C14H18BrNO2/c1-16(8-12-2-4-13(15)5-3-12)9-14(10-17)6-7-18-11-14/h2-5,10H,6-9,11H2,1H3. The van der Waals surface area contributed by atoms with Gasteiger partial charge < -0.3 is 14.4 Å². The molecule has 98 valence electrons. The van der Waals surface area contributed by atoms with Crippen molar-refractivity contribution in [2.45, 2.75) is 13.0 Å². The van der Waals surface area contributed by atoms with Gasteiger partial charge in [-0.05, 0) is 31.2 Å². The van der Waals surface area contributed by atoms with Crippen molar-refractivity contribution in [3.05, 3.63) is 34.3 Å². The summed E-state index contributed by atoms with van der Waals surface area (Å²) in [6.45, 7) is 2.86. The molecule has 1 atom stereocenters. The van der Waals surface area contributed by atoms with Crippen LogP contribution in [0.25, 0.3) is 0 Å². The van der Waals surface area contributed by atoms with Gasteiger partial charge in [-0.15, -0.1) is 0 Å². The molecular weight excluding hydrogens is 294 g/mol. The Labute approximate surface area is 116 Å². The fraction of sp³-hybridized carbons (Fsp3) is 0.500. The average molecular weight is 312 g/mol. The normalized spacial score (nSPS) is 23.5. The smallest absolute Gasteiger partial charge is 0.129 e. The Bertz CT molecular complexity index is 399. The molecule has 0 aromatic heterocycles. The van der Waals surface area contributed by atoms with E-state index < -0.39 is 0 Å². The van der Waals surface area contributed by atoms with Crippen LogP contribution in [0, 0.1) is 5.41 Å². The van der Waals surface area contributed by atoms with Gasteiger partial charge in [0.05, 0.1) is 12.0 Å². The van der Waals surface area contributed by atoms with E-state index >= 15 is 0 Å². The molecule has 1 aromatic carbocycles. The van der Waals surface area contributed by atoms with Crippen molar-refractivity contribution in [3.63, 3.8) is 0 Å². The molecule has 0 spiro atoms. The lowest BCUT2D eigenvalue weighted by Gasteiger charge is -2.27. The van der Waals surface area contributed by atoms with Crippen LogP contribution in [-0.2, 0) is 16.1 Å². The minimum absolute atomic E-state index is 0.301. The molecular formula is C14H18BrNO2. The van der Waals surface area contributed by atoms with E-state index in [0.717, 1.165) is 30.3 Å². The topological polar surface area (TPSA) is 29.5 Å². The monoisotopic (exact) mass is 311 g/mol. The van der Waals surface area contributed by atoms with E-state index in [1.165, 1.54) is 5.56 Å². The van der Waals surface area contributed by atoms with Crippen LogP contribution in [0.1, 0.15) is 12.0 Å². The molecule has 1 fully saturated rings. The van der Waals surface area contributed by atoms with Gasteiger partial charge in [0.2, 0.25) is 0 Å². The molecule has 0 bridgehead atoms. The van der Waals surface area contributed by atoms with Crippen LogP contribution in [0.15, 0.2) is 28.7 Å². The first-order valence-corrected chi connectivity index (χ1v) is 6.90. The van der Waals surface area contributed by atoms with Crippen LogP contribution in [0.4, 0.5) is 0 Å². The summed E-state index contributed by atoms with van der Waals surface area (Å²) in [7, 11) is 2.05. The van der Waals surface area contributed by atoms with Crippen molar-refractivity contribution in [3.8, 4) is 0 Å². The fourth-order valence-corrected chi connectivity index (χ4v) is 2.64. The average Bonchev–Trinajstić information content (AvgIpc) is 2.81. The second kappa shape index (κ2) is 5.95. The molecule has 1 unspecified atom stereocenters. The third kappa shape index (κ3) is 3.40. The summed E-state index contributed by atoms with van der Waals surface area (Å²) in [4.78, 5) is 13.4. The zero-order valence-electron chi connectivity index (χ0n) is 10.6. The highest BCUT2D eigenvalue weighted by Gasteiger charge is 2.35. The van der Waals surface area contributed by atoms with E-state index in [4.69, 9.17) is 4.74 Å². The molecule has 0 radical (unpaired) electrons. The Morgan fingerprint density at radius 1 is 1.44 bits per heavy atom. The predicted molar refractivity (Wildman–Crippen MR) is 74.4 cm³/mol. The van der Waals surface area contributed by atoms with Gasteiger partial charge in [0.1, 0.15) is 6.29 Å². The van der Waals surface area contributed by atoms with Gasteiger partial charge in [0, 0.05) is 24.2 Å². The van der Waals surface area contributed by atoms with Gasteiger partial charge >= 0.3 is 0 Å². The molecule has 1 saturated heterocycles. The van der Waals surface area contributed by atoms with Crippen molar-refractivity contribution in [1.29, 1.82) is 0 Å². The lowest BCUT2D eigenvalue weighted by Crippen LogP contribution is -2.37. The number of benzene rings is 1. The van der Waals surface area contributed by atoms with E-state index in [9.17, 15) is 4.79 Å². The van der Waals surface area contributed by atoms with Crippen molar-refractivity contribution < 1.29 is 9.53 Å². The second-order valence-electron chi connectivity index (χ2n) is 5.08. The molecule has 1 aliphatic heterocycles. The summed E-state index contributed by atoms with van der Waals surface area (Å²) in [6, 6.07) is 8.27. The highest BCUT2D eigenvalue weighted by Crippen LogP contribution is 2.27. The molecule has 0 aliphatic carbocycles. The maximum absolute atomic E-state index is 11.2. The van der Waals surface area contributed by atoms with E-state index in [0.29, 0.717) is 13.2 Å². The van der Waals surface area contributed by atoms with Crippen LogP contribution in [0.5, 0.6) is 0 Å². The van der Waals surface area contributed by atoms with Gasteiger partial charge in [-0.3, -0.25) is 0 Å². The highest BCUT2D eigenvalue weighted by molar-refractivity contribution is 9.10. The molecule has 0 N–H and O–H groups in total. The van der Waals surface area contributed by atoms with E-state index in [1.54, 1.807) is 0 Å². The first kappa shape index (κ1) is 13.7. The van der Waals surface area contributed by atoms with Gasteiger partial charge in [-0.2, -0.15) is 0 Å². The van der Waals surface area contributed by atoms with Crippen LogP contribution < -0.4 is 0 Å². The molecule has 1 aliphatic rings. The number of hydrogen-bond acceptors (Lipinski definition) is 3. The molecule has 18 heavy (non-hydrogen) atoms. The first-order chi connectivity index (χ1) is 8.63. The summed E-state index contributed by atoms with van der Waals surface area (Å²) >= 11 is 3.43. The van der Waals surface area contributed by atoms with Gasteiger partial charge in [-0.25, -0.2) is 0 Å². The Kier molecular flexibility index (Phi) is 4.54. The Morgan fingerprint density at radius 3 is 2.72 bits per heavy atom. The third-order valence-corrected chi connectivity index (χ3v) is 3.86. The van der Waals surface area contributed by atoms with Crippen LogP contribution >= 0.6 is 15.9 Å². The third-order valence-electron chi connectivity index (χ3n) is 3.33. The first-order valence-electron chi connectivity index (χ1n) is 6.11. The molecule has 3 nitrogen and oxygen atoms in total. The molecule has 2 rings (SSSR count). The number of hydrogen-bond donors (Lipinski definition) is 0. The number of rotatable bonds is 5. The predicted octanol–water partition coefficient (Wildman–Crippen LogP) is 2.49. The Morgan fingerprint density at radius 2 is 2.17 bits per heavy atom. The number of carbonyl (C=O) groups excluding carboxylic acids is 1.